The number of fused-ring (bicyclic) bond motifs is 1. The first-order valence-corrected chi connectivity index (χ1v) is 11.4. The minimum absolute atomic E-state index is 0.0538. The van der Waals surface area contributed by atoms with Gasteiger partial charge in [-0.1, -0.05) is 0 Å². The molecule has 0 spiro atoms. The van der Waals surface area contributed by atoms with Crippen LogP contribution in [0.25, 0.3) is 33.7 Å². The third-order valence-corrected chi connectivity index (χ3v) is 6.06. The molecule has 3 heterocycles. The minimum Gasteiger partial charge on any atom is -0.496 e. The Morgan fingerprint density at radius 2 is 1.86 bits per heavy atom. The number of nitrogens with two attached hydrogens (primary N) is 1. The number of methoxy groups -OCH3 is 1. The van der Waals surface area contributed by atoms with E-state index in [0.717, 1.165) is 10.9 Å². The van der Waals surface area contributed by atoms with E-state index in [-0.39, 0.29) is 12.2 Å². The lowest BCUT2D eigenvalue weighted by atomic mass is 10.1. The van der Waals surface area contributed by atoms with Gasteiger partial charge < -0.3 is 30.3 Å². The van der Waals surface area contributed by atoms with Crippen LogP contribution in [0.3, 0.4) is 0 Å². The summed E-state index contributed by atoms with van der Waals surface area (Å²) < 4.78 is 10.8. The average molecular weight is 488 g/mol. The molecule has 10 nitrogen and oxygen atoms in total. The van der Waals surface area contributed by atoms with Gasteiger partial charge in [0.2, 0.25) is 0 Å². The number of hydrogen-bond donors (Lipinski definition) is 3. The summed E-state index contributed by atoms with van der Waals surface area (Å²) in [6.07, 6.45) is 0. The molecule has 0 amide bonds. The molecule has 2 aromatic heterocycles. The normalized spacial score (nSPS) is 13.7. The largest absolute Gasteiger partial charge is 0.496 e. The molecule has 10 heteroatoms. The topological polar surface area (TPSA) is 144 Å². The van der Waals surface area contributed by atoms with Gasteiger partial charge in [0.1, 0.15) is 11.6 Å². The monoisotopic (exact) mass is 487 g/mol. The number of nitrogen functional groups attached to an aromatic ring is 1. The van der Waals surface area contributed by atoms with E-state index >= 15 is 0 Å². The molecule has 2 aromatic carbocycles. The molecule has 1 fully saturated rings. The van der Waals surface area contributed by atoms with E-state index in [0.29, 0.717) is 71.9 Å². The van der Waals surface area contributed by atoms with Crippen molar-refractivity contribution in [2.24, 2.45) is 0 Å². The van der Waals surface area contributed by atoms with Crippen molar-refractivity contribution in [2.45, 2.75) is 6.61 Å². The van der Waals surface area contributed by atoms with Crippen molar-refractivity contribution >= 4 is 28.5 Å². The van der Waals surface area contributed by atoms with Crippen LogP contribution in [0.1, 0.15) is 15.9 Å². The standard InChI is InChI=1S/C26H25N5O5/c1-35-22-5-2-15(10-18(22)14-32)21-4-3-20-24(28-21)29-23(30-25(20)31-6-8-36-9-7-31)16-11-17(26(33)34)13-19(27)12-16/h2-5,10-13,32H,6-9,14,27H2,1H3,(H,33,34). The predicted molar refractivity (Wildman–Crippen MR) is 135 cm³/mol. The maximum Gasteiger partial charge on any atom is 0.335 e. The van der Waals surface area contributed by atoms with Crippen LogP contribution in [-0.2, 0) is 11.3 Å². The third-order valence-electron chi connectivity index (χ3n) is 6.06. The third kappa shape index (κ3) is 4.51. The van der Waals surface area contributed by atoms with Gasteiger partial charge in [-0.3, -0.25) is 0 Å². The van der Waals surface area contributed by atoms with Crippen LogP contribution in [0.5, 0.6) is 5.75 Å². The number of aliphatic hydroxyl groups is 1. The van der Waals surface area contributed by atoms with E-state index in [1.807, 2.05) is 24.3 Å². The number of aromatic nitrogens is 3. The SMILES string of the molecule is COc1ccc(-c2ccc3c(N4CCOCC4)nc(-c4cc(N)cc(C(=O)O)c4)nc3n2)cc1CO. The molecule has 1 aliphatic heterocycles. The van der Waals surface area contributed by atoms with Gasteiger partial charge in [-0.05, 0) is 48.5 Å². The molecule has 4 N–H and O–H groups in total. The molecule has 184 valence electrons. The van der Waals surface area contributed by atoms with Gasteiger partial charge in [0.15, 0.2) is 11.5 Å². The number of carboxylic acids is 1. The highest BCUT2D eigenvalue weighted by molar-refractivity contribution is 5.93. The van der Waals surface area contributed by atoms with E-state index < -0.39 is 5.97 Å². The van der Waals surface area contributed by atoms with E-state index in [2.05, 4.69) is 4.90 Å². The molecule has 0 radical (unpaired) electrons. The second kappa shape index (κ2) is 9.76. The Bertz CT molecular complexity index is 1450. The number of aliphatic hydroxyl groups excluding tert-OH is 1. The first-order chi connectivity index (χ1) is 17.5. The van der Waals surface area contributed by atoms with Crippen LogP contribution in [0.2, 0.25) is 0 Å². The number of anilines is 2. The highest BCUT2D eigenvalue weighted by atomic mass is 16.5. The average Bonchev–Trinajstić information content (AvgIpc) is 2.91. The fourth-order valence-corrected chi connectivity index (χ4v) is 4.27. The molecule has 36 heavy (non-hydrogen) atoms. The molecule has 1 aliphatic rings. The number of carbonyl (C=O) groups is 1. The van der Waals surface area contributed by atoms with Crippen molar-refractivity contribution in [3.63, 3.8) is 0 Å². The summed E-state index contributed by atoms with van der Waals surface area (Å²) in [5.41, 5.74) is 9.40. The Labute approximate surface area is 207 Å². The van der Waals surface area contributed by atoms with Crippen LogP contribution in [0, 0.1) is 0 Å². The molecule has 0 aliphatic carbocycles. The lowest BCUT2D eigenvalue weighted by molar-refractivity contribution is 0.0697. The van der Waals surface area contributed by atoms with Gasteiger partial charge in [0.25, 0.3) is 0 Å². The first kappa shape index (κ1) is 23.5. The van der Waals surface area contributed by atoms with Crippen molar-refractivity contribution in [1.82, 2.24) is 15.0 Å². The van der Waals surface area contributed by atoms with Crippen molar-refractivity contribution in [3.05, 3.63) is 59.7 Å². The number of carboxylic acid groups (broad SMARTS) is 1. The molecule has 4 aromatic rings. The summed E-state index contributed by atoms with van der Waals surface area (Å²) in [6.45, 7) is 2.29. The van der Waals surface area contributed by atoms with Gasteiger partial charge >= 0.3 is 5.97 Å². The fourth-order valence-electron chi connectivity index (χ4n) is 4.27. The van der Waals surface area contributed by atoms with E-state index in [1.54, 1.807) is 19.2 Å². The van der Waals surface area contributed by atoms with Crippen molar-refractivity contribution in [1.29, 1.82) is 0 Å². The molecular formula is C26H25N5O5. The zero-order valence-corrected chi connectivity index (χ0v) is 19.6. The zero-order valence-electron chi connectivity index (χ0n) is 19.6. The number of rotatable bonds is 6. The van der Waals surface area contributed by atoms with Gasteiger partial charge in [0.05, 0.1) is 43.6 Å². The summed E-state index contributed by atoms with van der Waals surface area (Å²) in [5, 5.41) is 20.0. The van der Waals surface area contributed by atoms with E-state index in [9.17, 15) is 15.0 Å². The van der Waals surface area contributed by atoms with Gasteiger partial charge in [-0.25, -0.2) is 19.7 Å². The van der Waals surface area contributed by atoms with Crippen molar-refractivity contribution < 1.29 is 24.5 Å². The lowest BCUT2D eigenvalue weighted by Crippen LogP contribution is -2.37. The highest BCUT2D eigenvalue weighted by Gasteiger charge is 2.20. The Balaban J connectivity index is 1.69. The molecule has 0 bridgehead atoms. The maximum absolute atomic E-state index is 11.6. The van der Waals surface area contributed by atoms with Crippen molar-refractivity contribution in [3.8, 4) is 28.4 Å². The van der Waals surface area contributed by atoms with E-state index in [1.165, 1.54) is 12.1 Å². The number of benzene rings is 2. The number of ether oxygens (including phenoxy) is 2. The smallest absolute Gasteiger partial charge is 0.335 e. The maximum atomic E-state index is 11.6. The fraction of sp³-hybridized carbons (Fsp3) is 0.231. The summed E-state index contributed by atoms with van der Waals surface area (Å²) in [7, 11) is 1.56. The predicted octanol–water partition coefficient (Wildman–Crippen LogP) is 2.98. The number of aromatic carboxylic acids is 1. The van der Waals surface area contributed by atoms with Gasteiger partial charge in [-0.15, -0.1) is 0 Å². The summed E-state index contributed by atoms with van der Waals surface area (Å²) in [5.74, 6) is 0.533. The quantitative estimate of drug-likeness (QED) is 0.347. The van der Waals surface area contributed by atoms with Crippen LogP contribution in [-0.4, -0.2) is 64.5 Å². The number of nitrogens with zero attached hydrogens (tertiary/aromatic N) is 4. The van der Waals surface area contributed by atoms with Gasteiger partial charge in [0, 0.05) is 35.5 Å². The van der Waals surface area contributed by atoms with Crippen LogP contribution >= 0.6 is 0 Å². The number of hydrogen-bond acceptors (Lipinski definition) is 9. The Hall–Kier alpha value is -4.28. The second-order valence-corrected chi connectivity index (χ2v) is 8.37. The first-order valence-electron chi connectivity index (χ1n) is 11.4. The minimum atomic E-state index is -1.09. The van der Waals surface area contributed by atoms with Crippen LogP contribution in [0.15, 0.2) is 48.5 Å². The molecule has 1 saturated heterocycles. The summed E-state index contributed by atoms with van der Waals surface area (Å²) >= 11 is 0. The number of morpholine rings is 1. The number of pyridine rings is 1. The Morgan fingerprint density at radius 3 is 2.58 bits per heavy atom. The van der Waals surface area contributed by atoms with Crippen LogP contribution < -0.4 is 15.4 Å². The molecule has 0 unspecified atom stereocenters. The Morgan fingerprint density at radius 1 is 1.06 bits per heavy atom. The van der Waals surface area contributed by atoms with Crippen molar-refractivity contribution in [2.75, 3.05) is 44.0 Å². The zero-order chi connectivity index (χ0) is 25.2. The summed E-state index contributed by atoms with van der Waals surface area (Å²) in [6, 6.07) is 13.9. The molecule has 0 atom stereocenters. The Kier molecular flexibility index (Phi) is 6.36. The second-order valence-electron chi connectivity index (χ2n) is 8.37. The van der Waals surface area contributed by atoms with Gasteiger partial charge in [-0.2, -0.15) is 0 Å². The lowest BCUT2D eigenvalue weighted by Gasteiger charge is -2.29. The van der Waals surface area contributed by atoms with Crippen LogP contribution in [0.4, 0.5) is 11.5 Å². The molecule has 0 saturated carbocycles. The highest BCUT2D eigenvalue weighted by Crippen LogP contribution is 2.32. The molecule has 5 rings (SSSR count). The van der Waals surface area contributed by atoms with E-state index in [4.69, 9.17) is 30.2 Å². The molecular weight excluding hydrogens is 462 g/mol. The summed E-state index contributed by atoms with van der Waals surface area (Å²) in [4.78, 5) is 28.0.